The van der Waals surface area contributed by atoms with E-state index in [1.807, 2.05) is 12.1 Å². The molecule has 2 saturated heterocycles. The van der Waals surface area contributed by atoms with Crippen LogP contribution in [0.15, 0.2) is 18.2 Å². The zero-order chi connectivity index (χ0) is 14.7. The van der Waals surface area contributed by atoms with E-state index in [0.717, 1.165) is 57.1 Å². The fourth-order valence-corrected chi connectivity index (χ4v) is 3.25. The van der Waals surface area contributed by atoms with Crippen LogP contribution in [-0.2, 0) is 11.3 Å². The number of ether oxygens (including phenoxy) is 1. The van der Waals surface area contributed by atoms with Gasteiger partial charge in [-0.05, 0) is 24.1 Å². The second kappa shape index (κ2) is 6.44. The van der Waals surface area contributed by atoms with Crippen LogP contribution in [-0.4, -0.2) is 55.4 Å². The van der Waals surface area contributed by atoms with Gasteiger partial charge in [-0.1, -0.05) is 6.07 Å². The third kappa shape index (κ3) is 3.03. The Morgan fingerprint density at radius 3 is 2.81 bits per heavy atom. The summed E-state index contributed by atoms with van der Waals surface area (Å²) in [7, 11) is 0. The molecule has 0 amide bonds. The quantitative estimate of drug-likeness (QED) is 0.897. The van der Waals surface area contributed by atoms with Crippen molar-refractivity contribution in [1.82, 2.24) is 4.90 Å². The average molecular weight is 287 g/mol. The van der Waals surface area contributed by atoms with E-state index < -0.39 is 0 Å². The van der Waals surface area contributed by atoms with Gasteiger partial charge < -0.3 is 14.7 Å². The molecule has 1 unspecified atom stereocenters. The maximum atomic E-state index is 9.33. The minimum absolute atomic E-state index is 0.0225. The summed E-state index contributed by atoms with van der Waals surface area (Å²) in [6, 6.07) is 8.46. The van der Waals surface area contributed by atoms with Crippen LogP contribution in [0.2, 0.25) is 0 Å². The van der Waals surface area contributed by atoms with Crippen molar-refractivity contribution in [2.45, 2.75) is 19.1 Å². The molecule has 5 heteroatoms. The smallest absolute Gasteiger partial charge is 0.101 e. The molecule has 0 saturated carbocycles. The van der Waals surface area contributed by atoms with Gasteiger partial charge in [-0.2, -0.15) is 5.26 Å². The maximum absolute atomic E-state index is 9.33. The van der Waals surface area contributed by atoms with Gasteiger partial charge in [-0.25, -0.2) is 0 Å². The molecule has 1 aromatic carbocycles. The van der Waals surface area contributed by atoms with Gasteiger partial charge in [0.1, 0.15) is 6.07 Å². The second-order valence-electron chi connectivity index (χ2n) is 5.66. The Bertz CT molecular complexity index is 535. The van der Waals surface area contributed by atoms with Gasteiger partial charge in [0.25, 0.3) is 0 Å². The molecule has 2 heterocycles. The second-order valence-corrected chi connectivity index (χ2v) is 5.66. The number of nitrogens with zero attached hydrogens (tertiary/aromatic N) is 3. The normalized spacial score (nSPS) is 23.2. The van der Waals surface area contributed by atoms with E-state index in [1.54, 1.807) is 6.07 Å². The maximum Gasteiger partial charge on any atom is 0.101 e. The molecule has 2 aliphatic rings. The lowest BCUT2D eigenvalue weighted by Gasteiger charge is -2.32. The summed E-state index contributed by atoms with van der Waals surface area (Å²) in [5.74, 6) is 0. The molecule has 3 rings (SSSR count). The number of anilines is 1. The SMILES string of the molecule is N#Cc1cc(CO)ccc1N1CCC(N2CCOCC2)C1. The molecule has 5 nitrogen and oxygen atoms in total. The molecular formula is C16H21N3O2. The molecule has 0 aliphatic carbocycles. The Hall–Kier alpha value is -1.61. The van der Waals surface area contributed by atoms with Crippen LogP contribution in [0.25, 0.3) is 0 Å². The van der Waals surface area contributed by atoms with E-state index in [1.165, 1.54) is 0 Å². The molecule has 1 atom stereocenters. The Kier molecular flexibility index (Phi) is 4.39. The third-order valence-corrected chi connectivity index (χ3v) is 4.43. The standard InChI is InChI=1S/C16H21N3O2/c17-10-14-9-13(12-20)1-2-16(14)19-4-3-15(11-19)18-5-7-21-8-6-18/h1-2,9,15,20H,3-8,11-12H2. The summed E-state index contributed by atoms with van der Waals surface area (Å²) in [6.07, 6.45) is 1.13. The third-order valence-electron chi connectivity index (χ3n) is 4.43. The summed E-state index contributed by atoms with van der Waals surface area (Å²) in [4.78, 5) is 4.79. The number of aliphatic hydroxyl groups excluding tert-OH is 1. The number of hydrogen-bond donors (Lipinski definition) is 1. The summed E-state index contributed by atoms with van der Waals surface area (Å²) in [5, 5.41) is 18.5. The molecule has 0 spiro atoms. The Morgan fingerprint density at radius 1 is 1.29 bits per heavy atom. The molecule has 2 fully saturated rings. The number of nitriles is 1. The number of hydrogen-bond acceptors (Lipinski definition) is 5. The van der Waals surface area contributed by atoms with Crippen molar-refractivity contribution in [2.75, 3.05) is 44.3 Å². The number of benzene rings is 1. The van der Waals surface area contributed by atoms with E-state index in [2.05, 4.69) is 15.9 Å². The first kappa shape index (κ1) is 14.3. The van der Waals surface area contributed by atoms with Crippen LogP contribution in [0.1, 0.15) is 17.5 Å². The number of rotatable bonds is 3. The zero-order valence-electron chi connectivity index (χ0n) is 12.2. The highest BCUT2D eigenvalue weighted by Crippen LogP contribution is 2.27. The Morgan fingerprint density at radius 2 is 2.10 bits per heavy atom. The van der Waals surface area contributed by atoms with Crippen molar-refractivity contribution in [2.24, 2.45) is 0 Å². The minimum atomic E-state index is -0.0225. The van der Waals surface area contributed by atoms with E-state index in [0.29, 0.717) is 11.6 Å². The number of morpholine rings is 1. The van der Waals surface area contributed by atoms with Crippen LogP contribution < -0.4 is 4.90 Å². The lowest BCUT2D eigenvalue weighted by molar-refractivity contribution is 0.0209. The highest BCUT2D eigenvalue weighted by Gasteiger charge is 2.29. The lowest BCUT2D eigenvalue weighted by Crippen LogP contribution is -2.44. The van der Waals surface area contributed by atoms with Crippen LogP contribution in [0.3, 0.4) is 0 Å². The van der Waals surface area contributed by atoms with E-state index >= 15 is 0 Å². The topological polar surface area (TPSA) is 59.7 Å². The molecule has 0 bridgehead atoms. The molecule has 21 heavy (non-hydrogen) atoms. The lowest BCUT2D eigenvalue weighted by atomic mass is 10.1. The highest BCUT2D eigenvalue weighted by atomic mass is 16.5. The molecule has 1 aromatic rings. The van der Waals surface area contributed by atoms with Crippen molar-refractivity contribution >= 4 is 5.69 Å². The molecule has 1 N–H and O–H groups in total. The van der Waals surface area contributed by atoms with Crippen molar-refractivity contribution in [1.29, 1.82) is 5.26 Å². The monoisotopic (exact) mass is 287 g/mol. The van der Waals surface area contributed by atoms with Gasteiger partial charge in [0.2, 0.25) is 0 Å². The molecule has 112 valence electrons. The van der Waals surface area contributed by atoms with Crippen LogP contribution in [0.5, 0.6) is 0 Å². The summed E-state index contributed by atoms with van der Waals surface area (Å²) in [6.45, 7) is 5.59. The van der Waals surface area contributed by atoms with Gasteiger partial charge in [-0.3, -0.25) is 4.90 Å². The van der Waals surface area contributed by atoms with Gasteiger partial charge >= 0.3 is 0 Å². The zero-order valence-corrected chi connectivity index (χ0v) is 12.2. The van der Waals surface area contributed by atoms with E-state index in [-0.39, 0.29) is 6.61 Å². The largest absolute Gasteiger partial charge is 0.392 e. The molecule has 0 radical (unpaired) electrons. The Labute approximate surface area is 125 Å². The van der Waals surface area contributed by atoms with Crippen LogP contribution >= 0.6 is 0 Å². The first-order valence-corrected chi connectivity index (χ1v) is 7.52. The predicted octanol–water partition coefficient (Wildman–Crippen LogP) is 0.961. The summed E-state index contributed by atoms with van der Waals surface area (Å²) in [5.41, 5.74) is 2.44. The Balaban J connectivity index is 1.72. The molecule has 0 aromatic heterocycles. The summed E-state index contributed by atoms with van der Waals surface area (Å²) < 4.78 is 5.41. The van der Waals surface area contributed by atoms with E-state index in [9.17, 15) is 10.4 Å². The van der Waals surface area contributed by atoms with Gasteiger partial charge in [-0.15, -0.1) is 0 Å². The average Bonchev–Trinajstić information content (AvgIpc) is 3.04. The summed E-state index contributed by atoms with van der Waals surface area (Å²) >= 11 is 0. The fourth-order valence-electron chi connectivity index (χ4n) is 3.25. The van der Waals surface area contributed by atoms with Crippen LogP contribution in [0.4, 0.5) is 5.69 Å². The molecule has 2 aliphatic heterocycles. The first-order chi connectivity index (χ1) is 10.3. The van der Waals surface area contributed by atoms with Crippen molar-refractivity contribution in [3.8, 4) is 6.07 Å². The van der Waals surface area contributed by atoms with Gasteiger partial charge in [0, 0.05) is 32.2 Å². The van der Waals surface area contributed by atoms with Crippen molar-refractivity contribution < 1.29 is 9.84 Å². The van der Waals surface area contributed by atoms with E-state index in [4.69, 9.17) is 4.74 Å². The van der Waals surface area contributed by atoms with Gasteiger partial charge in [0.15, 0.2) is 0 Å². The molecular weight excluding hydrogens is 266 g/mol. The predicted molar refractivity (Wildman–Crippen MR) is 80.1 cm³/mol. The van der Waals surface area contributed by atoms with Crippen molar-refractivity contribution in [3.63, 3.8) is 0 Å². The van der Waals surface area contributed by atoms with Crippen molar-refractivity contribution in [3.05, 3.63) is 29.3 Å². The fraction of sp³-hybridized carbons (Fsp3) is 0.562. The van der Waals surface area contributed by atoms with Gasteiger partial charge in [0.05, 0.1) is 31.1 Å². The van der Waals surface area contributed by atoms with Crippen LogP contribution in [0, 0.1) is 11.3 Å². The number of aliphatic hydroxyl groups is 1. The minimum Gasteiger partial charge on any atom is -0.392 e. The first-order valence-electron chi connectivity index (χ1n) is 7.52. The highest BCUT2D eigenvalue weighted by molar-refractivity contribution is 5.61.